The number of rotatable bonds is 5. The Morgan fingerprint density at radius 3 is 2.48 bits per heavy atom. The Hall–Kier alpha value is -2.59. The molecular formula is C22H29N3O4. The van der Waals surface area contributed by atoms with Crippen molar-refractivity contribution in [1.29, 1.82) is 0 Å². The van der Waals surface area contributed by atoms with E-state index in [-0.39, 0.29) is 12.1 Å². The lowest BCUT2D eigenvalue weighted by Gasteiger charge is -2.37. The van der Waals surface area contributed by atoms with Crippen LogP contribution in [-0.4, -0.2) is 54.3 Å². The maximum Gasteiger partial charge on any atom is 0.415 e. The smallest absolute Gasteiger partial charge is 0.415 e. The van der Waals surface area contributed by atoms with E-state index < -0.39 is 11.2 Å². The summed E-state index contributed by atoms with van der Waals surface area (Å²) in [5.74, 6) is -0.157. The standard InChI is InChI=1S/C22H29N3O4/c1-21(2,3)28-19(26)6-5-13-24-14-11-22(12-15-24)16-25(20(27)29-22)18-9-7-17(23-4)8-10-18/h7-10H,5-6,11-16H2,1-3H3. The van der Waals surface area contributed by atoms with Gasteiger partial charge in [0, 0.05) is 38.0 Å². The molecular weight excluding hydrogens is 370 g/mol. The number of anilines is 1. The highest BCUT2D eigenvalue weighted by Gasteiger charge is 2.47. The Kier molecular flexibility index (Phi) is 6.13. The van der Waals surface area contributed by atoms with E-state index in [4.69, 9.17) is 16.0 Å². The molecule has 0 N–H and O–H groups in total. The van der Waals surface area contributed by atoms with Gasteiger partial charge in [0.1, 0.15) is 11.2 Å². The van der Waals surface area contributed by atoms with E-state index in [0.29, 0.717) is 18.7 Å². The van der Waals surface area contributed by atoms with Crippen molar-refractivity contribution in [2.45, 2.75) is 57.7 Å². The normalized spacial score (nSPS) is 19.1. The zero-order chi connectivity index (χ0) is 21.1. The van der Waals surface area contributed by atoms with Crippen molar-refractivity contribution in [3.63, 3.8) is 0 Å². The molecule has 29 heavy (non-hydrogen) atoms. The van der Waals surface area contributed by atoms with Gasteiger partial charge in [0.05, 0.1) is 13.1 Å². The third-order valence-corrected chi connectivity index (χ3v) is 5.30. The van der Waals surface area contributed by atoms with Crippen LogP contribution in [0.15, 0.2) is 24.3 Å². The summed E-state index contributed by atoms with van der Waals surface area (Å²) in [6, 6.07) is 7.01. The monoisotopic (exact) mass is 399 g/mol. The number of nitrogens with zero attached hydrogens (tertiary/aromatic N) is 3. The van der Waals surface area contributed by atoms with Crippen LogP contribution in [0.3, 0.4) is 0 Å². The number of hydrogen-bond donors (Lipinski definition) is 0. The first kappa shape index (κ1) is 21.1. The summed E-state index contributed by atoms with van der Waals surface area (Å²) in [7, 11) is 0. The minimum Gasteiger partial charge on any atom is -0.460 e. The van der Waals surface area contributed by atoms with Crippen molar-refractivity contribution in [3.05, 3.63) is 35.7 Å². The second-order valence-corrected chi connectivity index (χ2v) is 8.80. The Labute approximate surface area is 172 Å². The first-order valence-corrected chi connectivity index (χ1v) is 10.1. The molecule has 0 aliphatic carbocycles. The van der Waals surface area contributed by atoms with Crippen molar-refractivity contribution in [3.8, 4) is 0 Å². The van der Waals surface area contributed by atoms with Gasteiger partial charge >= 0.3 is 12.1 Å². The topological polar surface area (TPSA) is 63.4 Å². The summed E-state index contributed by atoms with van der Waals surface area (Å²) in [6.45, 7) is 15.7. The molecule has 0 atom stereocenters. The fraction of sp³-hybridized carbons (Fsp3) is 0.591. The number of carbonyl (C=O) groups excluding carboxylic acids is 2. The molecule has 1 aromatic rings. The van der Waals surface area contributed by atoms with Crippen molar-refractivity contribution in [2.75, 3.05) is 31.1 Å². The van der Waals surface area contributed by atoms with Gasteiger partial charge in [-0.15, -0.1) is 0 Å². The largest absolute Gasteiger partial charge is 0.460 e. The molecule has 3 rings (SSSR count). The highest BCUT2D eigenvalue weighted by molar-refractivity contribution is 5.90. The Morgan fingerprint density at radius 1 is 1.24 bits per heavy atom. The number of esters is 1. The van der Waals surface area contributed by atoms with Gasteiger partial charge in [-0.1, -0.05) is 12.1 Å². The van der Waals surface area contributed by atoms with Crippen molar-refractivity contribution >= 4 is 23.4 Å². The van der Waals surface area contributed by atoms with Gasteiger partial charge in [-0.05, 0) is 45.9 Å². The van der Waals surface area contributed by atoms with E-state index in [2.05, 4.69) is 9.74 Å². The molecule has 2 aliphatic rings. The highest BCUT2D eigenvalue weighted by atomic mass is 16.6. The molecule has 156 valence electrons. The lowest BCUT2D eigenvalue weighted by molar-refractivity contribution is -0.155. The minimum absolute atomic E-state index is 0.157. The number of likely N-dealkylation sites (tertiary alicyclic amines) is 1. The van der Waals surface area contributed by atoms with Crippen LogP contribution in [0.1, 0.15) is 46.5 Å². The van der Waals surface area contributed by atoms with E-state index >= 15 is 0 Å². The van der Waals surface area contributed by atoms with E-state index in [0.717, 1.165) is 44.6 Å². The van der Waals surface area contributed by atoms with Crippen molar-refractivity contribution < 1.29 is 19.1 Å². The second-order valence-electron chi connectivity index (χ2n) is 8.80. The minimum atomic E-state index is -0.447. The summed E-state index contributed by atoms with van der Waals surface area (Å²) < 4.78 is 11.1. The molecule has 7 nitrogen and oxygen atoms in total. The molecule has 0 bridgehead atoms. The summed E-state index contributed by atoms with van der Waals surface area (Å²) in [4.78, 5) is 31.6. The number of piperidine rings is 1. The summed E-state index contributed by atoms with van der Waals surface area (Å²) in [5.41, 5.74) is 0.426. The third-order valence-electron chi connectivity index (χ3n) is 5.30. The van der Waals surface area contributed by atoms with Crippen LogP contribution < -0.4 is 4.90 Å². The van der Waals surface area contributed by atoms with Crippen LogP contribution in [0.25, 0.3) is 4.85 Å². The fourth-order valence-corrected chi connectivity index (χ4v) is 3.81. The van der Waals surface area contributed by atoms with Crippen LogP contribution in [0.2, 0.25) is 0 Å². The van der Waals surface area contributed by atoms with Crippen LogP contribution in [0, 0.1) is 6.57 Å². The van der Waals surface area contributed by atoms with Gasteiger partial charge < -0.3 is 14.4 Å². The van der Waals surface area contributed by atoms with Crippen LogP contribution >= 0.6 is 0 Å². The number of ether oxygens (including phenoxy) is 2. The average Bonchev–Trinajstić information content (AvgIpc) is 2.98. The number of carbonyl (C=O) groups is 2. The van der Waals surface area contributed by atoms with Crippen LogP contribution in [0.4, 0.5) is 16.2 Å². The van der Waals surface area contributed by atoms with Crippen molar-refractivity contribution in [2.24, 2.45) is 0 Å². The second kappa shape index (κ2) is 8.42. The summed E-state index contributed by atoms with van der Waals surface area (Å²) >= 11 is 0. The van der Waals surface area contributed by atoms with Gasteiger partial charge in [0.2, 0.25) is 0 Å². The molecule has 0 saturated carbocycles. The summed E-state index contributed by atoms with van der Waals surface area (Å²) in [5, 5.41) is 0. The third kappa shape index (κ3) is 5.48. The van der Waals surface area contributed by atoms with Crippen LogP contribution in [0.5, 0.6) is 0 Å². The predicted molar refractivity (Wildman–Crippen MR) is 110 cm³/mol. The first-order valence-electron chi connectivity index (χ1n) is 10.1. The molecule has 1 amide bonds. The predicted octanol–water partition coefficient (Wildman–Crippen LogP) is 4.15. The van der Waals surface area contributed by atoms with Gasteiger partial charge in [-0.2, -0.15) is 0 Å². The zero-order valence-corrected chi connectivity index (χ0v) is 17.4. The van der Waals surface area contributed by atoms with E-state index in [9.17, 15) is 9.59 Å². The van der Waals surface area contributed by atoms with Gasteiger partial charge in [-0.25, -0.2) is 9.64 Å². The molecule has 0 radical (unpaired) electrons. The Balaban J connectivity index is 1.47. The SMILES string of the molecule is [C-]#[N+]c1ccc(N2CC3(CCN(CCCC(=O)OC(C)(C)C)CC3)OC2=O)cc1. The molecule has 7 heteroatoms. The lowest BCUT2D eigenvalue weighted by atomic mass is 9.91. The molecule has 2 fully saturated rings. The zero-order valence-electron chi connectivity index (χ0n) is 17.4. The van der Waals surface area contributed by atoms with Gasteiger partial charge in [0.25, 0.3) is 0 Å². The number of hydrogen-bond acceptors (Lipinski definition) is 5. The maximum absolute atomic E-state index is 12.4. The maximum atomic E-state index is 12.4. The molecule has 2 saturated heterocycles. The van der Waals surface area contributed by atoms with Crippen LogP contribution in [-0.2, 0) is 14.3 Å². The number of benzene rings is 1. The number of amides is 1. The van der Waals surface area contributed by atoms with Gasteiger partial charge in [0.15, 0.2) is 5.69 Å². The molecule has 2 heterocycles. The van der Waals surface area contributed by atoms with Crippen molar-refractivity contribution in [1.82, 2.24) is 4.90 Å². The molecule has 1 spiro atoms. The van der Waals surface area contributed by atoms with E-state index in [1.807, 2.05) is 20.8 Å². The Bertz CT molecular complexity index is 784. The lowest BCUT2D eigenvalue weighted by Crippen LogP contribution is -2.47. The highest BCUT2D eigenvalue weighted by Crippen LogP contribution is 2.36. The average molecular weight is 399 g/mol. The molecule has 2 aliphatic heterocycles. The molecule has 0 aromatic heterocycles. The molecule has 1 aromatic carbocycles. The first-order chi connectivity index (χ1) is 13.7. The van der Waals surface area contributed by atoms with E-state index in [1.54, 1.807) is 29.2 Å². The summed E-state index contributed by atoms with van der Waals surface area (Å²) in [6.07, 6.45) is 2.42. The molecule has 0 unspecified atom stereocenters. The Morgan fingerprint density at radius 2 is 1.90 bits per heavy atom. The van der Waals surface area contributed by atoms with Gasteiger partial charge in [-0.3, -0.25) is 9.69 Å². The fourth-order valence-electron chi connectivity index (χ4n) is 3.81. The quantitative estimate of drug-likeness (QED) is 0.550. The van der Waals surface area contributed by atoms with E-state index in [1.165, 1.54) is 0 Å².